The maximum Gasteiger partial charge on any atom is 0.573 e. The molecular formula is C23H31F3N4O3. The van der Waals surface area contributed by atoms with Crippen molar-refractivity contribution in [3.63, 3.8) is 0 Å². The number of ether oxygens (including phenoxy) is 1. The third-order valence-electron chi connectivity index (χ3n) is 7.02. The number of benzene rings is 1. The molecule has 1 aromatic carbocycles. The number of amides is 2. The molecule has 33 heavy (non-hydrogen) atoms. The number of fused-ring (bicyclic) bond motifs is 1. The molecule has 182 valence electrons. The molecule has 3 atom stereocenters. The Bertz CT molecular complexity index is 860. The highest BCUT2D eigenvalue weighted by Crippen LogP contribution is 2.30. The summed E-state index contributed by atoms with van der Waals surface area (Å²) in [6.07, 6.45) is -0.674. The summed E-state index contributed by atoms with van der Waals surface area (Å²) >= 11 is 0. The zero-order valence-electron chi connectivity index (χ0n) is 18.8. The van der Waals surface area contributed by atoms with Gasteiger partial charge in [0.25, 0.3) is 0 Å². The van der Waals surface area contributed by atoms with Crippen LogP contribution in [-0.4, -0.2) is 84.2 Å². The molecule has 1 N–H and O–H groups in total. The highest BCUT2D eigenvalue weighted by molar-refractivity contribution is 5.83. The van der Waals surface area contributed by atoms with Gasteiger partial charge in [-0.2, -0.15) is 0 Å². The van der Waals surface area contributed by atoms with Crippen LogP contribution >= 0.6 is 0 Å². The van der Waals surface area contributed by atoms with Crippen molar-refractivity contribution >= 4 is 11.8 Å². The number of likely N-dealkylation sites (tertiary alicyclic amines) is 2. The third-order valence-corrected chi connectivity index (χ3v) is 7.02. The average molecular weight is 469 g/mol. The van der Waals surface area contributed by atoms with Gasteiger partial charge in [-0.15, -0.1) is 13.2 Å². The lowest BCUT2D eigenvalue weighted by Crippen LogP contribution is -2.49. The number of nitrogens with zero attached hydrogens (tertiary/aromatic N) is 3. The van der Waals surface area contributed by atoms with Gasteiger partial charge < -0.3 is 15.0 Å². The van der Waals surface area contributed by atoms with Crippen molar-refractivity contribution in [2.75, 3.05) is 33.2 Å². The van der Waals surface area contributed by atoms with Crippen molar-refractivity contribution in [3.05, 3.63) is 29.8 Å². The third kappa shape index (κ3) is 5.78. The summed E-state index contributed by atoms with van der Waals surface area (Å²) in [7, 11) is 2.00. The Morgan fingerprint density at radius 2 is 1.97 bits per heavy atom. The fourth-order valence-electron chi connectivity index (χ4n) is 5.32. The van der Waals surface area contributed by atoms with Crippen LogP contribution in [0.4, 0.5) is 13.2 Å². The molecule has 3 heterocycles. The van der Waals surface area contributed by atoms with Gasteiger partial charge in [-0.05, 0) is 50.4 Å². The zero-order chi connectivity index (χ0) is 23.6. The van der Waals surface area contributed by atoms with Crippen LogP contribution in [0.3, 0.4) is 0 Å². The summed E-state index contributed by atoms with van der Waals surface area (Å²) in [6.45, 7) is 3.18. The summed E-state index contributed by atoms with van der Waals surface area (Å²) in [6, 6.07) is 5.57. The van der Waals surface area contributed by atoms with E-state index >= 15 is 0 Å². The summed E-state index contributed by atoms with van der Waals surface area (Å²) in [5.41, 5.74) is 0.657. The van der Waals surface area contributed by atoms with E-state index in [1.54, 1.807) is 6.07 Å². The molecule has 0 radical (unpaired) electrons. The first-order valence-corrected chi connectivity index (χ1v) is 11.6. The van der Waals surface area contributed by atoms with Gasteiger partial charge in [0.2, 0.25) is 11.8 Å². The Labute approximate surface area is 191 Å². The number of likely N-dealkylation sites (N-methyl/N-ethyl adjacent to an activating group) is 1. The summed E-state index contributed by atoms with van der Waals surface area (Å²) < 4.78 is 41.7. The minimum absolute atomic E-state index is 0.00556. The highest BCUT2D eigenvalue weighted by atomic mass is 19.4. The Kier molecular flexibility index (Phi) is 7.13. The van der Waals surface area contributed by atoms with Crippen LogP contribution in [0.15, 0.2) is 24.3 Å². The zero-order valence-corrected chi connectivity index (χ0v) is 18.8. The van der Waals surface area contributed by atoms with Gasteiger partial charge in [0.05, 0.1) is 0 Å². The molecule has 3 fully saturated rings. The normalized spacial score (nSPS) is 26.7. The van der Waals surface area contributed by atoms with Crippen LogP contribution in [0, 0.1) is 0 Å². The molecule has 3 saturated heterocycles. The lowest BCUT2D eigenvalue weighted by Gasteiger charge is -2.33. The van der Waals surface area contributed by atoms with Gasteiger partial charge in [-0.25, -0.2) is 0 Å². The van der Waals surface area contributed by atoms with Crippen LogP contribution < -0.4 is 10.1 Å². The fraction of sp³-hybridized carbons (Fsp3) is 0.652. The van der Waals surface area contributed by atoms with Crippen LogP contribution in [-0.2, 0) is 16.1 Å². The molecule has 10 heteroatoms. The molecule has 0 spiro atoms. The molecule has 7 nitrogen and oxygen atoms in total. The van der Waals surface area contributed by atoms with Gasteiger partial charge in [0.15, 0.2) is 0 Å². The van der Waals surface area contributed by atoms with Gasteiger partial charge in [-0.1, -0.05) is 12.1 Å². The Morgan fingerprint density at radius 3 is 2.70 bits per heavy atom. The molecule has 4 rings (SSSR count). The minimum Gasteiger partial charge on any atom is -0.406 e. The van der Waals surface area contributed by atoms with Crippen LogP contribution in [0.1, 0.15) is 37.7 Å². The number of alkyl halides is 3. The Morgan fingerprint density at radius 1 is 1.21 bits per heavy atom. The molecule has 0 aliphatic carbocycles. The molecule has 0 aromatic heterocycles. The maximum absolute atomic E-state index is 13.0. The van der Waals surface area contributed by atoms with Crippen molar-refractivity contribution in [1.29, 1.82) is 0 Å². The second-order valence-corrected chi connectivity index (χ2v) is 9.16. The molecule has 3 aliphatic heterocycles. The van der Waals surface area contributed by atoms with Gasteiger partial charge in [-0.3, -0.25) is 19.4 Å². The first-order chi connectivity index (χ1) is 15.7. The first kappa shape index (κ1) is 23.8. The lowest BCUT2D eigenvalue weighted by atomic mass is 10.0. The smallest absolute Gasteiger partial charge is 0.406 e. The highest BCUT2D eigenvalue weighted by Gasteiger charge is 2.45. The van der Waals surface area contributed by atoms with E-state index in [2.05, 4.69) is 15.0 Å². The largest absolute Gasteiger partial charge is 0.573 e. The summed E-state index contributed by atoms with van der Waals surface area (Å²) in [4.78, 5) is 31.6. The van der Waals surface area contributed by atoms with Crippen molar-refractivity contribution in [3.8, 4) is 5.75 Å². The van der Waals surface area contributed by atoms with Crippen molar-refractivity contribution < 1.29 is 27.5 Å². The van der Waals surface area contributed by atoms with Gasteiger partial charge in [0, 0.05) is 51.2 Å². The monoisotopic (exact) mass is 468 g/mol. The second kappa shape index (κ2) is 9.89. The van der Waals surface area contributed by atoms with Crippen molar-refractivity contribution in [2.24, 2.45) is 0 Å². The van der Waals surface area contributed by atoms with E-state index in [0.29, 0.717) is 38.0 Å². The number of carbonyl (C=O) groups is 2. The van der Waals surface area contributed by atoms with E-state index in [4.69, 9.17) is 0 Å². The lowest BCUT2D eigenvalue weighted by molar-refractivity contribution is -0.274. The Balaban J connectivity index is 1.39. The summed E-state index contributed by atoms with van der Waals surface area (Å²) in [5, 5.41) is 3.03. The second-order valence-electron chi connectivity index (χ2n) is 9.16. The number of carbonyl (C=O) groups excluding carboxylic acids is 2. The predicted octanol–water partition coefficient (Wildman–Crippen LogP) is 2.36. The molecular weight excluding hydrogens is 437 g/mol. The van der Waals surface area contributed by atoms with Gasteiger partial charge >= 0.3 is 6.36 Å². The minimum atomic E-state index is -4.74. The molecule has 3 aliphatic rings. The molecule has 0 saturated carbocycles. The van der Waals surface area contributed by atoms with E-state index < -0.39 is 6.36 Å². The topological polar surface area (TPSA) is 65.1 Å². The number of hydrogen-bond acceptors (Lipinski definition) is 5. The fourth-order valence-corrected chi connectivity index (χ4v) is 5.32. The molecule has 0 bridgehead atoms. The quantitative estimate of drug-likeness (QED) is 0.695. The molecule has 3 unspecified atom stereocenters. The number of rotatable bonds is 6. The molecule has 2 amide bonds. The summed E-state index contributed by atoms with van der Waals surface area (Å²) in [5.74, 6) is -0.150. The predicted molar refractivity (Wildman–Crippen MR) is 115 cm³/mol. The van der Waals surface area contributed by atoms with E-state index in [1.165, 1.54) is 18.2 Å². The van der Waals surface area contributed by atoms with E-state index in [9.17, 15) is 22.8 Å². The van der Waals surface area contributed by atoms with E-state index in [1.807, 2.05) is 16.8 Å². The number of hydrogen-bond donors (Lipinski definition) is 1. The van der Waals surface area contributed by atoms with Crippen molar-refractivity contribution in [2.45, 2.75) is 63.1 Å². The average Bonchev–Trinajstić information content (AvgIpc) is 3.40. The molecule has 1 aromatic rings. The SMILES string of the molecule is CN1C(CCC(=O)N2CCCC2)CNC(=O)C2C1CCN2Cc1cccc(OC(F)(F)F)c1. The van der Waals surface area contributed by atoms with E-state index in [0.717, 1.165) is 32.4 Å². The Hall–Kier alpha value is -2.33. The van der Waals surface area contributed by atoms with Gasteiger partial charge in [0.1, 0.15) is 11.8 Å². The number of halogens is 3. The van der Waals surface area contributed by atoms with Crippen LogP contribution in [0.5, 0.6) is 5.75 Å². The van der Waals surface area contributed by atoms with Crippen molar-refractivity contribution in [1.82, 2.24) is 20.0 Å². The standard InChI is InChI=1S/C23H31F3N4O3/c1-28-17(7-8-20(31)29-10-2-3-11-29)14-27-22(32)21-19(28)9-12-30(21)15-16-5-4-6-18(13-16)33-23(24,25)26/h4-6,13,17,19,21H,2-3,7-12,14-15H2,1H3,(H,27,32). The number of nitrogens with one attached hydrogen (secondary N) is 1. The van der Waals surface area contributed by atoms with E-state index in [-0.39, 0.29) is 35.7 Å². The maximum atomic E-state index is 13.0. The van der Waals surface area contributed by atoms with Crippen LogP contribution in [0.2, 0.25) is 0 Å². The first-order valence-electron chi connectivity index (χ1n) is 11.6. The van der Waals surface area contributed by atoms with Crippen LogP contribution in [0.25, 0.3) is 0 Å².